The van der Waals surface area contributed by atoms with E-state index in [0.29, 0.717) is 19.6 Å². The summed E-state index contributed by atoms with van der Waals surface area (Å²) in [5.41, 5.74) is 2.05. The van der Waals surface area contributed by atoms with Gasteiger partial charge in [-0.1, -0.05) is 45.0 Å². The summed E-state index contributed by atoms with van der Waals surface area (Å²) in [4.78, 5) is 52.3. The van der Waals surface area contributed by atoms with E-state index in [9.17, 15) is 36.7 Å². The van der Waals surface area contributed by atoms with Crippen LogP contribution in [0.3, 0.4) is 0 Å². The summed E-state index contributed by atoms with van der Waals surface area (Å²) < 4.78 is 59.0. The fourth-order valence-electron chi connectivity index (χ4n) is 4.20. The standard InChI is InChI=1S/C28H31F4N3O6/c1-28(2,3)17-6-4-5-16(9-17)12-35-8-7-34(14-23(35)38)13-22(37)33-20(11-24(39)40)21(36)15-41-27-25(31)18(29)10-19(30)26(27)32/h4-6,9-10,20H,7-8,11-15H2,1-3H3,(H,33,37)(H,39,40). The maximum Gasteiger partial charge on any atom is 0.305 e. The number of carbonyl (C=O) groups is 4. The lowest BCUT2D eigenvalue weighted by Gasteiger charge is -2.34. The van der Waals surface area contributed by atoms with Crippen molar-refractivity contribution in [1.29, 1.82) is 0 Å². The maximum absolute atomic E-state index is 13.8. The molecule has 0 radical (unpaired) electrons. The molecule has 0 saturated carbocycles. The number of benzene rings is 2. The van der Waals surface area contributed by atoms with E-state index in [1.807, 2.05) is 24.3 Å². The van der Waals surface area contributed by atoms with Gasteiger partial charge in [0.05, 0.1) is 19.5 Å². The minimum absolute atomic E-state index is 0.0398. The smallest absolute Gasteiger partial charge is 0.305 e. The molecule has 9 nitrogen and oxygen atoms in total. The number of ether oxygens (including phenoxy) is 1. The lowest BCUT2D eigenvalue weighted by atomic mass is 9.86. The zero-order valence-corrected chi connectivity index (χ0v) is 22.8. The molecular formula is C28H31F4N3O6. The minimum Gasteiger partial charge on any atom is -0.481 e. The zero-order valence-electron chi connectivity index (χ0n) is 22.8. The molecule has 2 aromatic carbocycles. The van der Waals surface area contributed by atoms with E-state index < -0.39 is 65.7 Å². The first-order valence-corrected chi connectivity index (χ1v) is 12.7. The number of halogens is 4. The average Bonchev–Trinajstić information content (AvgIpc) is 2.88. The van der Waals surface area contributed by atoms with Crippen LogP contribution in [0.2, 0.25) is 0 Å². The number of carboxylic acids is 1. The lowest BCUT2D eigenvalue weighted by Crippen LogP contribution is -2.54. The summed E-state index contributed by atoms with van der Waals surface area (Å²) in [5, 5.41) is 11.4. The minimum atomic E-state index is -1.87. The van der Waals surface area contributed by atoms with E-state index in [4.69, 9.17) is 5.11 Å². The third kappa shape index (κ3) is 8.49. The van der Waals surface area contributed by atoms with Crippen LogP contribution >= 0.6 is 0 Å². The molecule has 1 fully saturated rings. The van der Waals surface area contributed by atoms with Crippen LogP contribution in [-0.2, 0) is 31.1 Å². The summed E-state index contributed by atoms with van der Waals surface area (Å²) in [6.45, 7) is 5.74. The van der Waals surface area contributed by atoms with Gasteiger partial charge in [0.1, 0.15) is 12.6 Å². The highest BCUT2D eigenvalue weighted by molar-refractivity contribution is 5.93. The van der Waals surface area contributed by atoms with Gasteiger partial charge in [-0.2, -0.15) is 8.78 Å². The summed E-state index contributed by atoms with van der Waals surface area (Å²) in [6.07, 6.45) is -0.892. The fraction of sp³-hybridized carbons (Fsp3) is 0.429. The molecule has 0 aromatic heterocycles. The zero-order chi connectivity index (χ0) is 30.5. The van der Waals surface area contributed by atoms with Gasteiger partial charge in [0.25, 0.3) is 0 Å². The summed E-state index contributed by atoms with van der Waals surface area (Å²) >= 11 is 0. The quantitative estimate of drug-likeness (QED) is 0.310. The molecule has 222 valence electrons. The molecule has 13 heteroatoms. The van der Waals surface area contributed by atoms with Gasteiger partial charge in [0.15, 0.2) is 23.2 Å². The van der Waals surface area contributed by atoms with Gasteiger partial charge in [-0.15, -0.1) is 0 Å². The van der Waals surface area contributed by atoms with Gasteiger partial charge in [-0.3, -0.25) is 24.1 Å². The maximum atomic E-state index is 13.8. The number of Topliss-reactive ketones (excluding diaryl/α,β-unsaturated/α-hetero) is 1. The van der Waals surface area contributed by atoms with Crippen LogP contribution in [0.4, 0.5) is 17.6 Å². The van der Waals surface area contributed by atoms with Crippen molar-refractivity contribution in [2.24, 2.45) is 0 Å². The second-order valence-corrected chi connectivity index (χ2v) is 10.7. The SMILES string of the molecule is CC(C)(C)c1cccc(CN2CCN(CC(=O)NC(CC(=O)O)C(=O)COc3c(F)c(F)cc(F)c3F)CC2=O)c1. The highest BCUT2D eigenvalue weighted by Crippen LogP contribution is 2.26. The van der Waals surface area contributed by atoms with E-state index in [-0.39, 0.29) is 30.5 Å². The van der Waals surface area contributed by atoms with Crippen molar-refractivity contribution in [2.45, 2.75) is 45.2 Å². The number of hydrogen-bond acceptors (Lipinski definition) is 6. The number of nitrogens with zero attached hydrogens (tertiary/aromatic N) is 2. The number of carboxylic acid groups (broad SMARTS) is 1. The monoisotopic (exact) mass is 581 g/mol. The number of rotatable bonds is 11. The van der Waals surface area contributed by atoms with Crippen molar-refractivity contribution in [2.75, 3.05) is 32.8 Å². The molecule has 1 saturated heterocycles. The molecule has 41 heavy (non-hydrogen) atoms. The fourth-order valence-corrected chi connectivity index (χ4v) is 4.20. The Morgan fingerprint density at radius 2 is 1.71 bits per heavy atom. The van der Waals surface area contributed by atoms with E-state index in [2.05, 4.69) is 30.8 Å². The van der Waals surface area contributed by atoms with Crippen molar-refractivity contribution in [1.82, 2.24) is 15.1 Å². The second kappa shape index (κ2) is 13.1. The van der Waals surface area contributed by atoms with Crippen molar-refractivity contribution in [3.8, 4) is 5.75 Å². The Labute approximate surface area is 234 Å². The van der Waals surface area contributed by atoms with E-state index in [1.165, 1.54) is 4.90 Å². The highest BCUT2D eigenvalue weighted by atomic mass is 19.2. The van der Waals surface area contributed by atoms with Crippen molar-refractivity contribution in [3.63, 3.8) is 0 Å². The van der Waals surface area contributed by atoms with Crippen molar-refractivity contribution in [3.05, 3.63) is 64.7 Å². The van der Waals surface area contributed by atoms with Crippen LogP contribution in [0.1, 0.15) is 38.3 Å². The first-order chi connectivity index (χ1) is 19.1. The molecule has 2 aromatic rings. The van der Waals surface area contributed by atoms with Crippen LogP contribution in [-0.4, -0.2) is 77.3 Å². The van der Waals surface area contributed by atoms with E-state index in [0.717, 1.165) is 11.1 Å². The molecule has 1 aliphatic heterocycles. The number of carbonyl (C=O) groups excluding carboxylic acids is 3. The van der Waals surface area contributed by atoms with Crippen molar-refractivity contribution >= 4 is 23.6 Å². The predicted octanol–water partition coefficient (Wildman–Crippen LogP) is 2.79. The molecular weight excluding hydrogens is 550 g/mol. The Bertz CT molecular complexity index is 1300. The summed E-state index contributed by atoms with van der Waals surface area (Å²) in [5.74, 6) is -12.3. The first kappa shape index (κ1) is 31.5. The number of piperazine rings is 1. The summed E-state index contributed by atoms with van der Waals surface area (Å²) in [6, 6.07) is 6.22. The van der Waals surface area contributed by atoms with Gasteiger partial charge in [-0.05, 0) is 16.5 Å². The Morgan fingerprint density at radius 1 is 1.05 bits per heavy atom. The molecule has 3 rings (SSSR count). The Hall–Kier alpha value is -4.00. The Balaban J connectivity index is 1.56. The Kier molecular flexibility index (Phi) is 10.1. The molecule has 2 N–H and O–H groups in total. The largest absolute Gasteiger partial charge is 0.481 e. The normalized spacial score (nSPS) is 15.0. The molecule has 0 bridgehead atoms. The molecule has 1 heterocycles. The predicted molar refractivity (Wildman–Crippen MR) is 138 cm³/mol. The van der Waals surface area contributed by atoms with Crippen LogP contribution < -0.4 is 10.1 Å². The van der Waals surface area contributed by atoms with E-state index in [1.54, 1.807) is 4.90 Å². The van der Waals surface area contributed by atoms with Gasteiger partial charge in [0, 0.05) is 25.7 Å². The van der Waals surface area contributed by atoms with Gasteiger partial charge in [0.2, 0.25) is 23.4 Å². The number of hydrogen-bond donors (Lipinski definition) is 2. The van der Waals surface area contributed by atoms with Crippen LogP contribution in [0.15, 0.2) is 30.3 Å². The lowest BCUT2D eigenvalue weighted by molar-refractivity contribution is -0.140. The van der Waals surface area contributed by atoms with Crippen molar-refractivity contribution < 1.29 is 46.6 Å². The topological polar surface area (TPSA) is 116 Å². The van der Waals surface area contributed by atoms with Gasteiger partial charge < -0.3 is 20.1 Å². The molecule has 0 aliphatic carbocycles. The van der Waals surface area contributed by atoms with E-state index >= 15 is 0 Å². The number of aliphatic carboxylic acids is 1. The third-order valence-corrected chi connectivity index (χ3v) is 6.46. The Morgan fingerprint density at radius 3 is 2.29 bits per heavy atom. The molecule has 2 amide bonds. The van der Waals surface area contributed by atoms with Crippen LogP contribution in [0.5, 0.6) is 5.75 Å². The van der Waals surface area contributed by atoms with Gasteiger partial charge >= 0.3 is 5.97 Å². The summed E-state index contributed by atoms with van der Waals surface area (Å²) in [7, 11) is 0. The molecule has 1 unspecified atom stereocenters. The number of ketones is 1. The first-order valence-electron chi connectivity index (χ1n) is 12.7. The average molecular weight is 582 g/mol. The number of amides is 2. The number of nitrogens with one attached hydrogen (secondary N) is 1. The molecule has 0 spiro atoms. The second-order valence-electron chi connectivity index (χ2n) is 10.7. The highest BCUT2D eigenvalue weighted by Gasteiger charge is 2.29. The molecule has 1 atom stereocenters. The van der Waals surface area contributed by atoms with Crippen LogP contribution in [0.25, 0.3) is 0 Å². The molecule has 1 aliphatic rings. The third-order valence-electron chi connectivity index (χ3n) is 6.46. The van der Waals surface area contributed by atoms with Gasteiger partial charge in [-0.25, -0.2) is 8.78 Å². The van der Waals surface area contributed by atoms with Crippen LogP contribution in [0, 0.1) is 23.3 Å².